The van der Waals surface area contributed by atoms with Crippen LogP contribution in [0.1, 0.15) is 18.1 Å². The molecule has 0 aliphatic carbocycles. The van der Waals surface area contributed by atoms with Crippen molar-refractivity contribution >= 4 is 0 Å². The van der Waals surface area contributed by atoms with E-state index < -0.39 is 0 Å². The molecule has 0 spiro atoms. The van der Waals surface area contributed by atoms with Crippen LogP contribution in [0.2, 0.25) is 0 Å². The molecule has 0 bridgehead atoms. The Morgan fingerprint density at radius 2 is 2.17 bits per heavy atom. The Morgan fingerprint density at radius 3 is 2.83 bits per heavy atom. The summed E-state index contributed by atoms with van der Waals surface area (Å²) in [4.78, 5) is 0. The number of hydrogen-bond donors (Lipinski definition) is 1. The van der Waals surface area contributed by atoms with Crippen LogP contribution in [0.4, 0.5) is 0 Å². The van der Waals surface area contributed by atoms with E-state index in [1.165, 1.54) is 0 Å². The average molecular weight is 245 g/mol. The van der Waals surface area contributed by atoms with E-state index in [2.05, 4.69) is 11.2 Å². The molecule has 1 heterocycles. The molecule has 0 saturated heterocycles. The predicted molar refractivity (Wildman–Crippen MR) is 71.3 cm³/mol. The highest BCUT2D eigenvalue weighted by atomic mass is 16.5. The Bertz CT molecular complexity index is 505. The van der Waals surface area contributed by atoms with E-state index in [-0.39, 0.29) is 6.04 Å². The zero-order valence-corrected chi connectivity index (χ0v) is 10.8. The number of aromatic nitrogens is 2. The van der Waals surface area contributed by atoms with Gasteiger partial charge >= 0.3 is 0 Å². The van der Waals surface area contributed by atoms with Gasteiger partial charge in [-0.3, -0.25) is 4.68 Å². The maximum absolute atomic E-state index is 5.84. The molecule has 0 amide bonds. The fourth-order valence-corrected chi connectivity index (χ4v) is 1.87. The van der Waals surface area contributed by atoms with Crippen LogP contribution >= 0.6 is 0 Å². The smallest absolute Gasteiger partial charge is 0.123 e. The fourth-order valence-electron chi connectivity index (χ4n) is 1.87. The first-order chi connectivity index (χ1) is 8.65. The molecule has 2 rings (SSSR count). The summed E-state index contributed by atoms with van der Waals surface area (Å²) in [7, 11) is 1.90. The molecule has 0 fully saturated rings. The number of aryl methyl sites for hydroxylation is 1. The standard InChI is InChI=1S/C14H19N3O/c1-11(15)7-13-5-3-4-6-14(13)18-10-12-8-16-17(2)9-12/h3-6,8-9,11H,7,10,15H2,1-2H3. The first-order valence-electron chi connectivity index (χ1n) is 6.09. The summed E-state index contributed by atoms with van der Waals surface area (Å²) in [5, 5.41) is 4.12. The average Bonchev–Trinajstić information content (AvgIpc) is 2.73. The van der Waals surface area contributed by atoms with Crippen molar-refractivity contribution in [2.75, 3.05) is 0 Å². The molecule has 1 aromatic heterocycles. The Labute approximate surface area is 107 Å². The number of benzene rings is 1. The second kappa shape index (κ2) is 5.69. The summed E-state index contributed by atoms with van der Waals surface area (Å²) in [6, 6.07) is 8.15. The van der Waals surface area contributed by atoms with E-state index in [1.54, 1.807) is 4.68 Å². The van der Waals surface area contributed by atoms with Crippen LogP contribution in [-0.4, -0.2) is 15.8 Å². The highest BCUT2D eigenvalue weighted by Crippen LogP contribution is 2.20. The fraction of sp³-hybridized carbons (Fsp3) is 0.357. The molecule has 1 unspecified atom stereocenters. The van der Waals surface area contributed by atoms with E-state index in [4.69, 9.17) is 10.5 Å². The molecule has 1 atom stereocenters. The Morgan fingerprint density at radius 1 is 1.39 bits per heavy atom. The van der Waals surface area contributed by atoms with Gasteiger partial charge in [-0.25, -0.2) is 0 Å². The zero-order chi connectivity index (χ0) is 13.0. The van der Waals surface area contributed by atoms with Gasteiger partial charge < -0.3 is 10.5 Å². The molecule has 1 aromatic carbocycles. The van der Waals surface area contributed by atoms with Gasteiger partial charge in [-0.05, 0) is 25.0 Å². The van der Waals surface area contributed by atoms with Crippen LogP contribution in [-0.2, 0) is 20.1 Å². The third-order valence-electron chi connectivity index (χ3n) is 2.67. The van der Waals surface area contributed by atoms with Crippen molar-refractivity contribution in [3.05, 3.63) is 47.8 Å². The van der Waals surface area contributed by atoms with Crippen molar-refractivity contribution < 1.29 is 4.74 Å². The van der Waals surface area contributed by atoms with Gasteiger partial charge in [-0.1, -0.05) is 18.2 Å². The van der Waals surface area contributed by atoms with Gasteiger partial charge in [0.25, 0.3) is 0 Å². The number of ether oxygens (including phenoxy) is 1. The molecular formula is C14H19N3O. The Hall–Kier alpha value is -1.81. The van der Waals surface area contributed by atoms with Gasteiger partial charge in [0.1, 0.15) is 12.4 Å². The highest BCUT2D eigenvalue weighted by molar-refractivity contribution is 5.34. The lowest BCUT2D eigenvalue weighted by Crippen LogP contribution is -2.18. The molecule has 96 valence electrons. The van der Waals surface area contributed by atoms with Crippen molar-refractivity contribution in [1.82, 2.24) is 9.78 Å². The number of para-hydroxylation sites is 1. The summed E-state index contributed by atoms with van der Waals surface area (Å²) in [5.41, 5.74) is 8.05. The predicted octanol–water partition coefficient (Wildman–Crippen LogP) is 1.89. The van der Waals surface area contributed by atoms with Crippen molar-refractivity contribution in [1.29, 1.82) is 0 Å². The minimum atomic E-state index is 0.133. The maximum Gasteiger partial charge on any atom is 0.123 e. The third-order valence-corrected chi connectivity index (χ3v) is 2.67. The monoisotopic (exact) mass is 245 g/mol. The molecule has 4 heteroatoms. The Balaban J connectivity index is 2.04. The van der Waals surface area contributed by atoms with Gasteiger partial charge in [0.2, 0.25) is 0 Å². The number of nitrogens with two attached hydrogens (primary N) is 1. The lowest BCUT2D eigenvalue weighted by atomic mass is 10.1. The van der Waals surface area contributed by atoms with E-state index in [0.29, 0.717) is 6.61 Å². The van der Waals surface area contributed by atoms with E-state index in [1.807, 2.05) is 44.6 Å². The molecule has 2 N–H and O–H groups in total. The summed E-state index contributed by atoms with van der Waals surface area (Å²) in [6.07, 6.45) is 4.59. The third kappa shape index (κ3) is 3.34. The first kappa shape index (κ1) is 12.6. The number of hydrogen-bond acceptors (Lipinski definition) is 3. The number of rotatable bonds is 5. The van der Waals surface area contributed by atoms with Crippen LogP contribution in [0.5, 0.6) is 5.75 Å². The molecule has 0 aliphatic heterocycles. The highest BCUT2D eigenvalue weighted by Gasteiger charge is 2.06. The van der Waals surface area contributed by atoms with Gasteiger partial charge in [0.15, 0.2) is 0 Å². The van der Waals surface area contributed by atoms with Crippen LogP contribution in [0, 0.1) is 0 Å². The molecule has 2 aromatic rings. The maximum atomic E-state index is 5.84. The molecule has 18 heavy (non-hydrogen) atoms. The lowest BCUT2D eigenvalue weighted by molar-refractivity contribution is 0.302. The summed E-state index contributed by atoms with van der Waals surface area (Å²) in [6.45, 7) is 2.53. The van der Waals surface area contributed by atoms with Crippen molar-refractivity contribution in [2.45, 2.75) is 26.0 Å². The minimum Gasteiger partial charge on any atom is -0.489 e. The topological polar surface area (TPSA) is 53.1 Å². The first-order valence-corrected chi connectivity index (χ1v) is 6.09. The Kier molecular flexibility index (Phi) is 3.99. The van der Waals surface area contributed by atoms with Crippen LogP contribution in [0.3, 0.4) is 0 Å². The van der Waals surface area contributed by atoms with Gasteiger partial charge in [-0.2, -0.15) is 5.10 Å². The van der Waals surface area contributed by atoms with Gasteiger partial charge in [0.05, 0.1) is 6.20 Å². The molecule has 4 nitrogen and oxygen atoms in total. The summed E-state index contributed by atoms with van der Waals surface area (Å²) in [5.74, 6) is 0.902. The summed E-state index contributed by atoms with van der Waals surface area (Å²) < 4.78 is 7.60. The van der Waals surface area contributed by atoms with Crippen LogP contribution in [0.25, 0.3) is 0 Å². The second-order valence-corrected chi connectivity index (χ2v) is 4.60. The van der Waals surface area contributed by atoms with Crippen molar-refractivity contribution in [3.63, 3.8) is 0 Å². The molecule has 0 aliphatic rings. The van der Waals surface area contributed by atoms with E-state index in [9.17, 15) is 0 Å². The van der Waals surface area contributed by atoms with Crippen LogP contribution in [0.15, 0.2) is 36.7 Å². The lowest BCUT2D eigenvalue weighted by Gasteiger charge is -2.12. The number of nitrogens with zero attached hydrogens (tertiary/aromatic N) is 2. The largest absolute Gasteiger partial charge is 0.489 e. The van der Waals surface area contributed by atoms with Crippen molar-refractivity contribution in [2.24, 2.45) is 12.8 Å². The van der Waals surface area contributed by atoms with Gasteiger partial charge in [-0.15, -0.1) is 0 Å². The minimum absolute atomic E-state index is 0.133. The van der Waals surface area contributed by atoms with Crippen LogP contribution < -0.4 is 10.5 Å². The molecular weight excluding hydrogens is 226 g/mol. The van der Waals surface area contributed by atoms with Crippen molar-refractivity contribution in [3.8, 4) is 5.75 Å². The normalized spacial score (nSPS) is 12.4. The van der Waals surface area contributed by atoms with Gasteiger partial charge in [0, 0.05) is 24.8 Å². The second-order valence-electron chi connectivity index (χ2n) is 4.60. The summed E-state index contributed by atoms with van der Waals surface area (Å²) >= 11 is 0. The van der Waals surface area contributed by atoms with E-state index in [0.717, 1.165) is 23.3 Å². The quantitative estimate of drug-likeness (QED) is 0.875. The SMILES string of the molecule is CC(N)Cc1ccccc1OCc1cnn(C)c1. The molecule has 0 radical (unpaired) electrons. The van der Waals surface area contributed by atoms with E-state index >= 15 is 0 Å². The zero-order valence-electron chi connectivity index (χ0n) is 10.8. The molecule has 0 saturated carbocycles.